The third kappa shape index (κ3) is 6.13. The first-order valence-electron chi connectivity index (χ1n) is 13.5. The Labute approximate surface area is 224 Å². The molecule has 2 aromatic carbocycles. The predicted molar refractivity (Wildman–Crippen MR) is 146 cm³/mol. The van der Waals surface area contributed by atoms with Gasteiger partial charge in [-0.25, -0.2) is 4.79 Å². The van der Waals surface area contributed by atoms with Crippen LogP contribution in [0.1, 0.15) is 62.6 Å². The molecule has 1 N–H and O–H groups in total. The number of amides is 1. The minimum absolute atomic E-state index is 0.0571. The van der Waals surface area contributed by atoms with Gasteiger partial charge in [0.05, 0.1) is 26.0 Å². The van der Waals surface area contributed by atoms with Crippen molar-refractivity contribution in [1.29, 1.82) is 0 Å². The molecule has 3 atom stereocenters. The van der Waals surface area contributed by atoms with E-state index in [1.165, 1.54) is 0 Å². The lowest BCUT2D eigenvalue weighted by Gasteiger charge is -2.30. The molecule has 204 valence electrons. The highest BCUT2D eigenvalue weighted by molar-refractivity contribution is 5.82. The second-order valence-corrected chi connectivity index (χ2v) is 9.87. The molecule has 0 radical (unpaired) electrons. The van der Waals surface area contributed by atoms with Gasteiger partial charge in [0.25, 0.3) is 0 Å². The number of benzene rings is 2. The van der Waals surface area contributed by atoms with E-state index in [9.17, 15) is 14.7 Å². The number of unbranched alkanes of at least 4 members (excludes halogenated alkanes) is 2. The van der Waals surface area contributed by atoms with Gasteiger partial charge in [-0.2, -0.15) is 0 Å². The van der Waals surface area contributed by atoms with E-state index >= 15 is 0 Å². The zero-order chi connectivity index (χ0) is 27.1. The Morgan fingerprint density at radius 1 is 1.05 bits per heavy atom. The number of ether oxygens (including phenoxy) is 2. The monoisotopic (exact) mass is 522 g/mol. The first-order valence-corrected chi connectivity index (χ1v) is 13.5. The SMILES string of the molecule is CCCCN(CCCC)C(=O)CN1C[C@H](c2cccc3occc23)[C@H](OC(=O)O)[C@H]1c1ccc(OC)cc1. The van der Waals surface area contributed by atoms with E-state index in [4.69, 9.17) is 13.9 Å². The first-order chi connectivity index (χ1) is 18.5. The Kier molecular flexibility index (Phi) is 9.29. The molecule has 0 spiro atoms. The van der Waals surface area contributed by atoms with Crippen molar-refractivity contribution in [3.63, 3.8) is 0 Å². The van der Waals surface area contributed by atoms with Crippen LogP contribution >= 0.6 is 0 Å². The highest BCUT2D eigenvalue weighted by atomic mass is 16.7. The van der Waals surface area contributed by atoms with Gasteiger partial charge in [-0.3, -0.25) is 9.69 Å². The summed E-state index contributed by atoms with van der Waals surface area (Å²) < 4.78 is 16.6. The van der Waals surface area contributed by atoms with E-state index in [0.29, 0.717) is 12.3 Å². The number of carbonyl (C=O) groups excluding carboxylic acids is 1. The van der Waals surface area contributed by atoms with Crippen molar-refractivity contribution in [2.24, 2.45) is 0 Å². The van der Waals surface area contributed by atoms with Crippen molar-refractivity contribution < 1.29 is 28.6 Å². The topological polar surface area (TPSA) is 92.5 Å². The van der Waals surface area contributed by atoms with Crippen molar-refractivity contribution in [3.05, 3.63) is 65.9 Å². The number of carboxylic acid groups (broad SMARTS) is 1. The van der Waals surface area contributed by atoms with Crippen molar-refractivity contribution >= 4 is 23.0 Å². The fraction of sp³-hybridized carbons (Fsp3) is 0.467. The molecule has 0 bridgehead atoms. The van der Waals surface area contributed by atoms with Gasteiger partial charge in [0, 0.05) is 30.9 Å². The predicted octanol–water partition coefficient (Wildman–Crippen LogP) is 6.07. The maximum Gasteiger partial charge on any atom is 0.506 e. The number of hydrogen-bond donors (Lipinski definition) is 1. The molecule has 8 heteroatoms. The lowest BCUT2D eigenvalue weighted by molar-refractivity contribution is -0.133. The Morgan fingerprint density at radius 3 is 2.39 bits per heavy atom. The summed E-state index contributed by atoms with van der Waals surface area (Å²) in [5.74, 6) is 0.476. The molecule has 1 fully saturated rings. The van der Waals surface area contributed by atoms with Crippen LogP contribution in [0.25, 0.3) is 11.0 Å². The third-order valence-corrected chi connectivity index (χ3v) is 7.41. The summed E-state index contributed by atoms with van der Waals surface area (Å²) in [4.78, 5) is 29.6. The molecular formula is C30H38N2O6. The number of furan rings is 1. The molecule has 3 aromatic rings. The summed E-state index contributed by atoms with van der Waals surface area (Å²) in [6.45, 7) is 6.35. The van der Waals surface area contributed by atoms with Crippen molar-refractivity contribution in [2.45, 2.75) is 57.6 Å². The number of carbonyl (C=O) groups is 2. The minimum Gasteiger partial charge on any atom is -0.497 e. The van der Waals surface area contributed by atoms with Crippen LogP contribution in [0.3, 0.4) is 0 Å². The normalized spacial score (nSPS) is 19.5. The van der Waals surface area contributed by atoms with Gasteiger partial charge in [0.15, 0.2) is 0 Å². The number of hydrogen-bond acceptors (Lipinski definition) is 6. The molecular weight excluding hydrogens is 484 g/mol. The zero-order valence-corrected chi connectivity index (χ0v) is 22.5. The molecule has 0 aliphatic carbocycles. The molecule has 0 unspecified atom stereocenters. The van der Waals surface area contributed by atoms with Crippen LogP contribution in [0.5, 0.6) is 5.75 Å². The number of nitrogens with zero attached hydrogens (tertiary/aromatic N) is 2. The van der Waals surface area contributed by atoms with Crippen LogP contribution in [0, 0.1) is 0 Å². The van der Waals surface area contributed by atoms with Gasteiger partial charge in [0.2, 0.25) is 5.91 Å². The first kappa shape index (κ1) is 27.5. The summed E-state index contributed by atoms with van der Waals surface area (Å²) >= 11 is 0. The molecule has 1 aromatic heterocycles. The molecule has 2 heterocycles. The third-order valence-electron chi connectivity index (χ3n) is 7.41. The molecule has 8 nitrogen and oxygen atoms in total. The maximum absolute atomic E-state index is 13.6. The van der Waals surface area contributed by atoms with E-state index in [1.54, 1.807) is 13.4 Å². The number of rotatable bonds is 12. The largest absolute Gasteiger partial charge is 0.506 e. The average Bonchev–Trinajstić information content (AvgIpc) is 3.53. The second-order valence-electron chi connectivity index (χ2n) is 9.87. The molecule has 1 amide bonds. The van der Waals surface area contributed by atoms with E-state index in [1.807, 2.05) is 53.4 Å². The second kappa shape index (κ2) is 12.8. The van der Waals surface area contributed by atoms with Crippen molar-refractivity contribution in [2.75, 3.05) is 33.3 Å². The lowest BCUT2D eigenvalue weighted by atomic mass is 9.89. The highest BCUT2D eigenvalue weighted by Gasteiger charge is 2.47. The Hall–Kier alpha value is -3.52. The minimum atomic E-state index is -1.33. The van der Waals surface area contributed by atoms with Crippen LogP contribution in [0.15, 0.2) is 59.2 Å². The average molecular weight is 523 g/mol. The van der Waals surface area contributed by atoms with Gasteiger partial charge in [-0.15, -0.1) is 0 Å². The highest BCUT2D eigenvalue weighted by Crippen LogP contribution is 2.45. The van der Waals surface area contributed by atoms with Crippen LogP contribution in [0.4, 0.5) is 4.79 Å². The molecule has 1 aliphatic heterocycles. The Bertz CT molecular complexity index is 1200. The fourth-order valence-electron chi connectivity index (χ4n) is 5.47. The van der Waals surface area contributed by atoms with E-state index in [2.05, 4.69) is 18.7 Å². The van der Waals surface area contributed by atoms with Crippen molar-refractivity contribution in [1.82, 2.24) is 9.80 Å². The number of fused-ring (bicyclic) bond motifs is 1. The van der Waals surface area contributed by atoms with E-state index < -0.39 is 18.3 Å². The van der Waals surface area contributed by atoms with Gasteiger partial charge in [-0.05, 0) is 48.2 Å². The van der Waals surface area contributed by atoms with Crippen molar-refractivity contribution in [3.8, 4) is 5.75 Å². The molecule has 1 saturated heterocycles. The lowest BCUT2D eigenvalue weighted by Crippen LogP contribution is -2.42. The maximum atomic E-state index is 13.6. The molecule has 1 aliphatic rings. The van der Waals surface area contributed by atoms with Crippen LogP contribution in [0.2, 0.25) is 0 Å². The summed E-state index contributed by atoms with van der Waals surface area (Å²) in [5, 5.41) is 10.7. The Morgan fingerprint density at radius 2 is 1.76 bits per heavy atom. The van der Waals surface area contributed by atoms with Gasteiger partial charge in [-0.1, -0.05) is 51.0 Å². The van der Waals surface area contributed by atoms with Gasteiger partial charge >= 0.3 is 6.16 Å². The molecule has 4 rings (SSSR count). The van der Waals surface area contributed by atoms with Crippen LogP contribution < -0.4 is 4.74 Å². The van der Waals surface area contributed by atoms with E-state index in [-0.39, 0.29) is 18.4 Å². The summed E-state index contributed by atoms with van der Waals surface area (Å²) in [6, 6.07) is 14.8. The standard InChI is InChI=1S/C30H38N2O6/c1-4-6-16-31(17-7-5-2)27(33)20-32-19-25(23-9-8-10-26-24(23)15-18-37-26)29(38-30(34)35)28(32)21-11-13-22(36-3)14-12-21/h8-15,18,25,28-29H,4-7,16-17,19-20H2,1-3H3,(H,34,35)/t25-,28-,29+/m1/s1. The Balaban J connectivity index is 1.72. The van der Waals surface area contributed by atoms with Crippen LogP contribution in [-0.2, 0) is 9.53 Å². The van der Waals surface area contributed by atoms with Gasteiger partial charge < -0.3 is 23.9 Å². The van der Waals surface area contributed by atoms with Gasteiger partial charge in [0.1, 0.15) is 17.4 Å². The quantitative estimate of drug-likeness (QED) is 0.288. The summed E-state index contributed by atoms with van der Waals surface area (Å²) in [6.07, 6.45) is 3.52. The molecule has 38 heavy (non-hydrogen) atoms. The summed E-state index contributed by atoms with van der Waals surface area (Å²) in [7, 11) is 1.61. The number of likely N-dealkylation sites (tertiary alicyclic amines) is 1. The van der Waals surface area contributed by atoms with E-state index in [0.717, 1.165) is 60.9 Å². The zero-order valence-electron chi connectivity index (χ0n) is 22.5. The smallest absolute Gasteiger partial charge is 0.497 e. The number of methoxy groups -OCH3 is 1. The summed E-state index contributed by atoms with van der Waals surface area (Å²) in [5.41, 5.74) is 2.56. The fourth-order valence-corrected chi connectivity index (χ4v) is 5.47. The van der Waals surface area contributed by atoms with Crippen LogP contribution in [-0.4, -0.2) is 66.4 Å². The molecule has 0 saturated carbocycles.